The number of ether oxygens (including phenoxy) is 2. The minimum atomic E-state index is -1.14. The van der Waals surface area contributed by atoms with Crippen LogP contribution in [-0.4, -0.2) is 58.6 Å². The predicted molar refractivity (Wildman–Crippen MR) is 184 cm³/mol. The number of alkyl carbamates (subject to hydrolysis) is 1. The van der Waals surface area contributed by atoms with Crippen molar-refractivity contribution in [2.75, 3.05) is 6.54 Å². The standard InChI is InChI=1S/C38H53N3O6/c1-11-13-17-24-41(34(43)31(26(3)4)40-36(45)47-38(8,9)10)32(29-22-20-27(12-2)21-23-29)33(42)39-30(35(44)46-37(5,6)7)25-28-18-15-14-16-19-28/h2,14-16,18-23,26,30-32H,11,13,17,24-25H2,1,3-10H3,(H,39,42)(H,40,45). The Bertz CT molecular complexity index is 1370. The van der Waals surface area contributed by atoms with Gasteiger partial charge in [-0.15, -0.1) is 6.42 Å². The first-order valence-electron chi connectivity index (χ1n) is 16.4. The molecule has 0 aliphatic heterocycles. The Morgan fingerprint density at radius 2 is 1.45 bits per heavy atom. The fraction of sp³-hybridized carbons (Fsp3) is 0.526. The lowest BCUT2D eigenvalue weighted by Gasteiger charge is -2.36. The zero-order chi connectivity index (χ0) is 35.4. The van der Waals surface area contributed by atoms with Gasteiger partial charge in [-0.2, -0.15) is 0 Å². The summed E-state index contributed by atoms with van der Waals surface area (Å²) in [5.41, 5.74) is 0.386. The van der Waals surface area contributed by atoms with Gasteiger partial charge < -0.3 is 25.0 Å². The minimum absolute atomic E-state index is 0.183. The Balaban J connectivity index is 2.63. The number of carbonyl (C=O) groups is 4. The summed E-state index contributed by atoms with van der Waals surface area (Å²) in [5, 5.41) is 5.66. The normalized spacial score (nSPS) is 13.5. The fourth-order valence-electron chi connectivity index (χ4n) is 4.93. The average molecular weight is 648 g/mol. The monoisotopic (exact) mass is 647 g/mol. The minimum Gasteiger partial charge on any atom is -0.458 e. The van der Waals surface area contributed by atoms with Gasteiger partial charge >= 0.3 is 12.1 Å². The highest BCUT2D eigenvalue weighted by atomic mass is 16.6. The summed E-state index contributed by atoms with van der Waals surface area (Å²) in [6.45, 7) is 16.4. The van der Waals surface area contributed by atoms with E-state index in [2.05, 4.69) is 16.6 Å². The first kappa shape index (κ1) is 38.9. The summed E-state index contributed by atoms with van der Waals surface area (Å²) >= 11 is 0. The maximum Gasteiger partial charge on any atom is 0.408 e. The maximum atomic E-state index is 14.5. The lowest BCUT2D eigenvalue weighted by Crippen LogP contribution is -2.56. The van der Waals surface area contributed by atoms with E-state index in [4.69, 9.17) is 15.9 Å². The number of nitrogens with zero attached hydrogens (tertiary/aromatic N) is 1. The van der Waals surface area contributed by atoms with Crippen molar-refractivity contribution in [3.8, 4) is 12.3 Å². The molecule has 2 rings (SSSR count). The molecule has 2 aromatic carbocycles. The van der Waals surface area contributed by atoms with Crippen LogP contribution >= 0.6 is 0 Å². The zero-order valence-electron chi connectivity index (χ0n) is 29.5. The smallest absolute Gasteiger partial charge is 0.408 e. The predicted octanol–water partition coefficient (Wildman–Crippen LogP) is 6.35. The van der Waals surface area contributed by atoms with E-state index >= 15 is 0 Å². The largest absolute Gasteiger partial charge is 0.458 e. The van der Waals surface area contributed by atoms with E-state index in [1.165, 1.54) is 4.90 Å². The second-order valence-electron chi connectivity index (χ2n) is 14.1. The molecule has 0 heterocycles. The molecule has 0 spiro atoms. The summed E-state index contributed by atoms with van der Waals surface area (Å²) < 4.78 is 11.2. The number of benzene rings is 2. The molecule has 0 saturated carbocycles. The molecule has 2 aromatic rings. The molecule has 9 heteroatoms. The molecular weight excluding hydrogens is 594 g/mol. The number of rotatable bonds is 14. The second kappa shape index (κ2) is 17.6. The molecule has 0 radical (unpaired) electrons. The van der Waals surface area contributed by atoms with E-state index in [0.29, 0.717) is 17.5 Å². The Kier molecular flexibility index (Phi) is 14.5. The summed E-state index contributed by atoms with van der Waals surface area (Å²) in [7, 11) is 0. The highest BCUT2D eigenvalue weighted by Crippen LogP contribution is 2.26. The van der Waals surface area contributed by atoms with Gasteiger partial charge in [-0.1, -0.05) is 82.0 Å². The summed E-state index contributed by atoms with van der Waals surface area (Å²) in [4.78, 5) is 56.8. The number of nitrogens with one attached hydrogen (secondary N) is 2. The van der Waals surface area contributed by atoms with Crippen LogP contribution in [0.1, 0.15) is 104 Å². The zero-order valence-corrected chi connectivity index (χ0v) is 29.5. The Morgan fingerprint density at radius 3 is 1.96 bits per heavy atom. The lowest BCUT2D eigenvalue weighted by molar-refractivity contribution is -0.159. The van der Waals surface area contributed by atoms with Gasteiger partial charge in [-0.25, -0.2) is 9.59 Å². The van der Waals surface area contributed by atoms with Crippen LogP contribution in [0.2, 0.25) is 0 Å². The van der Waals surface area contributed by atoms with Crippen molar-refractivity contribution in [3.05, 3.63) is 71.3 Å². The second-order valence-corrected chi connectivity index (χ2v) is 14.1. The number of hydrogen-bond acceptors (Lipinski definition) is 6. The third-order valence-corrected chi connectivity index (χ3v) is 7.13. The van der Waals surface area contributed by atoms with E-state index in [0.717, 1.165) is 18.4 Å². The van der Waals surface area contributed by atoms with Crippen molar-refractivity contribution in [3.63, 3.8) is 0 Å². The molecule has 256 valence electrons. The molecule has 3 unspecified atom stereocenters. The SMILES string of the molecule is C#Cc1ccc(C(C(=O)NC(Cc2ccccc2)C(=O)OC(C)(C)C)N(CCCCC)C(=O)C(NC(=O)OC(C)(C)C)C(C)C)cc1. The Hall–Kier alpha value is -4.32. The number of esters is 1. The van der Waals surface area contributed by atoms with Gasteiger partial charge in [0.05, 0.1) is 0 Å². The molecule has 0 bridgehead atoms. The van der Waals surface area contributed by atoms with E-state index in [9.17, 15) is 19.2 Å². The number of hydrogen-bond donors (Lipinski definition) is 2. The van der Waals surface area contributed by atoms with Crippen LogP contribution in [0, 0.1) is 18.3 Å². The maximum absolute atomic E-state index is 14.5. The molecular formula is C38H53N3O6. The van der Waals surface area contributed by atoms with Crippen LogP contribution in [0.5, 0.6) is 0 Å². The summed E-state index contributed by atoms with van der Waals surface area (Å²) in [6, 6.07) is 13.0. The molecule has 0 aromatic heterocycles. The molecule has 3 amide bonds. The van der Waals surface area contributed by atoms with Crippen molar-refractivity contribution in [2.45, 2.75) is 117 Å². The van der Waals surface area contributed by atoms with Crippen LogP contribution in [-0.2, 0) is 30.3 Å². The van der Waals surface area contributed by atoms with Gasteiger partial charge in [0.1, 0.15) is 29.3 Å². The third kappa shape index (κ3) is 13.1. The van der Waals surface area contributed by atoms with Gasteiger partial charge in [-0.3, -0.25) is 9.59 Å². The van der Waals surface area contributed by atoms with E-state index < -0.39 is 53.2 Å². The first-order chi connectivity index (χ1) is 22.0. The topological polar surface area (TPSA) is 114 Å². The van der Waals surface area contributed by atoms with Crippen molar-refractivity contribution >= 4 is 23.9 Å². The first-order valence-corrected chi connectivity index (χ1v) is 16.4. The molecule has 9 nitrogen and oxygen atoms in total. The molecule has 0 saturated heterocycles. The number of unbranched alkanes of at least 4 members (excludes halogenated alkanes) is 2. The molecule has 2 N–H and O–H groups in total. The van der Waals surface area contributed by atoms with Gasteiger partial charge in [-0.05, 0) is 77.1 Å². The molecule has 0 fully saturated rings. The van der Waals surface area contributed by atoms with Gasteiger partial charge in [0.15, 0.2) is 0 Å². The molecule has 0 aliphatic rings. The fourth-order valence-corrected chi connectivity index (χ4v) is 4.93. The van der Waals surface area contributed by atoms with E-state index in [1.807, 2.05) is 51.1 Å². The highest BCUT2D eigenvalue weighted by Gasteiger charge is 2.39. The van der Waals surface area contributed by atoms with Crippen LogP contribution in [0.3, 0.4) is 0 Å². The number of terminal acetylenes is 1. The van der Waals surface area contributed by atoms with Crippen LogP contribution < -0.4 is 10.6 Å². The molecule has 3 atom stereocenters. The van der Waals surface area contributed by atoms with Crippen molar-refractivity contribution in [2.24, 2.45) is 5.92 Å². The average Bonchev–Trinajstić information content (AvgIpc) is 2.97. The van der Waals surface area contributed by atoms with E-state index in [-0.39, 0.29) is 18.9 Å². The number of carbonyl (C=O) groups excluding carboxylic acids is 4. The van der Waals surface area contributed by atoms with Gasteiger partial charge in [0, 0.05) is 18.5 Å². The quantitative estimate of drug-likeness (QED) is 0.140. The van der Waals surface area contributed by atoms with Crippen LogP contribution in [0.4, 0.5) is 4.79 Å². The third-order valence-electron chi connectivity index (χ3n) is 7.13. The van der Waals surface area contributed by atoms with Crippen LogP contribution in [0.15, 0.2) is 54.6 Å². The van der Waals surface area contributed by atoms with Gasteiger partial charge in [0.25, 0.3) is 0 Å². The van der Waals surface area contributed by atoms with E-state index in [1.54, 1.807) is 65.8 Å². The van der Waals surface area contributed by atoms with Crippen molar-refractivity contribution < 1.29 is 28.7 Å². The summed E-state index contributed by atoms with van der Waals surface area (Å²) in [5.74, 6) is 0.656. The Labute approximate surface area is 281 Å². The Morgan fingerprint density at radius 1 is 0.851 bits per heavy atom. The van der Waals surface area contributed by atoms with Crippen LogP contribution in [0.25, 0.3) is 0 Å². The van der Waals surface area contributed by atoms with Crippen molar-refractivity contribution in [1.82, 2.24) is 15.5 Å². The van der Waals surface area contributed by atoms with Crippen molar-refractivity contribution in [1.29, 1.82) is 0 Å². The molecule has 0 aliphatic carbocycles. The van der Waals surface area contributed by atoms with Gasteiger partial charge in [0.2, 0.25) is 11.8 Å². The summed E-state index contributed by atoms with van der Waals surface area (Å²) in [6.07, 6.45) is 7.38. The lowest BCUT2D eigenvalue weighted by atomic mass is 9.97. The molecule has 47 heavy (non-hydrogen) atoms. The number of amides is 3. The highest BCUT2D eigenvalue weighted by molar-refractivity contribution is 5.94.